The highest BCUT2D eigenvalue weighted by Gasteiger charge is 2.66. The van der Waals surface area contributed by atoms with Crippen LogP contribution in [0.5, 0.6) is 0 Å². The second-order valence-corrected chi connectivity index (χ2v) is 5.54. The van der Waals surface area contributed by atoms with E-state index in [0.29, 0.717) is 11.5 Å². The van der Waals surface area contributed by atoms with Crippen LogP contribution in [-0.2, 0) is 17.4 Å². The van der Waals surface area contributed by atoms with E-state index in [4.69, 9.17) is 4.74 Å². The Morgan fingerprint density at radius 1 is 1.40 bits per heavy atom. The van der Waals surface area contributed by atoms with Crippen molar-refractivity contribution in [3.63, 3.8) is 0 Å². The third-order valence-corrected chi connectivity index (χ3v) is 4.67. The molecule has 0 bridgehead atoms. The van der Waals surface area contributed by atoms with Crippen LogP contribution < -0.4 is 0 Å². The molecule has 1 saturated heterocycles. The zero-order valence-electron chi connectivity index (χ0n) is 9.07. The highest BCUT2D eigenvalue weighted by Crippen LogP contribution is 2.67. The lowest BCUT2D eigenvalue weighted by atomic mass is 9.78. The molecule has 2 heterocycles. The Bertz CT molecular complexity index is 421. The van der Waals surface area contributed by atoms with Gasteiger partial charge in [-0.15, -0.1) is 0 Å². The van der Waals surface area contributed by atoms with Crippen molar-refractivity contribution in [1.82, 2.24) is 9.78 Å². The summed E-state index contributed by atoms with van der Waals surface area (Å²) < 4.78 is 7.98. The third kappa shape index (κ3) is 0.969. The predicted molar refractivity (Wildman–Crippen MR) is 55.3 cm³/mol. The summed E-state index contributed by atoms with van der Waals surface area (Å²) in [6, 6.07) is 2.12. The minimum atomic E-state index is 0.0547. The van der Waals surface area contributed by atoms with Crippen molar-refractivity contribution in [2.24, 2.45) is 12.5 Å². The van der Waals surface area contributed by atoms with E-state index in [1.807, 2.05) is 17.9 Å². The smallest absolute Gasteiger partial charge is 0.136 e. The molecule has 3 nitrogen and oxygen atoms in total. The van der Waals surface area contributed by atoms with Crippen LogP contribution in [0.4, 0.5) is 0 Å². The maximum absolute atomic E-state index is 6.01. The number of hydrogen-bond donors (Lipinski definition) is 0. The average Bonchev–Trinajstić information content (AvgIpc) is 3.10. The fraction of sp³-hybridized carbons (Fsp3) is 0.750. The van der Waals surface area contributed by atoms with Crippen LogP contribution in [-0.4, -0.2) is 15.9 Å². The average molecular weight is 204 g/mol. The van der Waals surface area contributed by atoms with Crippen LogP contribution in [0.15, 0.2) is 12.3 Å². The first-order valence-electron chi connectivity index (χ1n) is 5.91. The van der Waals surface area contributed by atoms with Gasteiger partial charge in [-0.3, -0.25) is 4.68 Å². The molecule has 1 aromatic heterocycles. The lowest BCUT2D eigenvalue weighted by Gasteiger charge is -2.24. The molecule has 3 fully saturated rings. The highest BCUT2D eigenvalue weighted by atomic mass is 16.6. The van der Waals surface area contributed by atoms with Gasteiger partial charge in [-0.1, -0.05) is 0 Å². The molecule has 1 aromatic rings. The molecule has 2 aliphatic carbocycles. The molecule has 1 spiro atoms. The molecule has 3 aliphatic rings. The number of epoxide rings is 1. The second kappa shape index (κ2) is 2.29. The van der Waals surface area contributed by atoms with Gasteiger partial charge >= 0.3 is 0 Å². The molecule has 2 unspecified atom stereocenters. The second-order valence-electron chi connectivity index (χ2n) is 5.54. The topological polar surface area (TPSA) is 30.4 Å². The van der Waals surface area contributed by atoms with E-state index in [1.54, 1.807) is 0 Å². The number of ether oxygens (including phenoxy) is 1. The lowest BCUT2D eigenvalue weighted by Crippen LogP contribution is -2.25. The molecular weight excluding hydrogens is 188 g/mol. The first-order chi connectivity index (χ1) is 7.24. The Morgan fingerprint density at radius 2 is 2.20 bits per heavy atom. The summed E-state index contributed by atoms with van der Waals surface area (Å²) in [5.74, 6) is 0. The highest BCUT2D eigenvalue weighted by molar-refractivity contribution is 5.26. The van der Waals surface area contributed by atoms with E-state index in [9.17, 15) is 0 Å². The van der Waals surface area contributed by atoms with Crippen LogP contribution in [0.1, 0.15) is 37.8 Å². The first kappa shape index (κ1) is 8.34. The van der Waals surface area contributed by atoms with Gasteiger partial charge in [-0.05, 0) is 43.6 Å². The maximum Gasteiger partial charge on any atom is 0.136 e. The zero-order valence-corrected chi connectivity index (χ0v) is 9.07. The van der Waals surface area contributed by atoms with Crippen LogP contribution >= 0.6 is 0 Å². The largest absolute Gasteiger partial charge is 0.359 e. The molecule has 80 valence electrons. The van der Waals surface area contributed by atoms with Crippen molar-refractivity contribution < 1.29 is 4.74 Å². The van der Waals surface area contributed by atoms with Gasteiger partial charge in [0.05, 0.1) is 11.8 Å². The fourth-order valence-corrected chi connectivity index (χ4v) is 3.37. The summed E-state index contributed by atoms with van der Waals surface area (Å²) in [6.07, 6.45) is 9.10. The summed E-state index contributed by atoms with van der Waals surface area (Å²) in [5, 5.41) is 4.25. The number of fused-ring (bicyclic) bond motifs is 1. The molecule has 0 amide bonds. The van der Waals surface area contributed by atoms with Crippen molar-refractivity contribution >= 4 is 0 Å². The number of rotatable bonds is 1. The summed E-state index contributed by atoms with van der Waals surface area (Å²) in [7, 11) is 2.02. The van der Waals surface area contributed by atoms with Gasteiger partial charge in [0.2, 0.25) is 0 Å². The number of aromatic nitrogens is 2. The Hall–Kier alpha value is -0.830. The molecule has 3 heteroatoms. The van der Waals surface area contributed by atoms with Gasteiger partial charge < -0.3 is 4.74 Å². The van der Waals surface area contributed by atoms with Crippen molar-refractivity contribution in [1.29, 1.82) is 0 Å². The minimum absolute atomic E-state index is 0.0547. The maximum atomic E-state index is 6.01. The van der Waals surface area contributed by atoms with Crippen LogP contribution in [0.2, 0.25) is 0 Å². The third-order valence-electron chi connectivity index (χ3n) is 4.67. The quantitative estimate of drug-likeness (QED) is 0.655. The van der Waals surface area contributed by atoms with E-state index < -0.39 is 0 Å². The SMILES string of the molecule is Cn1nccc1C12CCC3(CC3)CC1O2. The summed E-state index contributed by atoms with van der Waals surface area (Å²) in [4.78, 5) is 0. The normalized spacial score (nSPS) is 40.2. The van der Waals surface area contributed by atoms with E-state index in [-0.39, 0.29) is 5.60 Å². The zero-order chi connectivity index (χ0) is 10.1. The molecular formula is C12H16N2O. The molecule has 1 aliphatic heterocycles. The van der Waals surface area contributed by atoms with Crippen molar-refractivity contribution in [2.45, 2.75) is 43.8 Å². The van der Waals surface area contributed by atoms with Gasteiger partial charge in [-0.25, -0.2) is 0 Å². The monoisotopic (exact) mass is 204 g/mol. The molecule has 2 saturated carbocycles. The standard InChI is InChI=1S/C12H16N2O/c1-14-9(2-7-13-14)12-6-5-11(3-4-11)8-10(12)15-12/h2,7,10H,3-6,8H2,1H3. The van der Waals surface area contributed by atoms with Crippen molar-refractivity contribution in [3.8, 4) is 0 Å². The molecule has 0 radical (unpaired) electrons. The van der Waals surface area contributed by atoms with E-state index >= 15 is 0 Å². The fourth-order valence-electron chi connectivity index (χ4n) is 3.37. The van der Waals surface area contributed by atoms with Gasteiger partial charge in [0.1, 0.15) is 5.60 Å². The number of hydrogen-bond acceptors (Lipinski definition) is 2. The van der Waals surface area contributed by atoms with Crippen molar-refractivity contribution in [3.05, 3.63) is 18.0 Å². The Balaban J connectivity index is 1.67. The molecule has 2 atom stereocenters. The van der Waals surface area contributed by atoms with Gasteiger partial charge in [0.15, 0.2) is 0 Å². The molecule has 0 aromatic carbocycles. The lowest BCUT2D eigenvalue weighted by molar-refractivity contribution is 0.268. The Morgan fingerprint density at radius 3 is 2.80 bits per heavy atom. The predicted octanol–water partition coefficient (Wildman–Crippen LogP) is 1.98. The molecule has 15 heavy (non-hydrogen) atoms. The van der Waals surface area contributed by atoms with E-state index in [2.05, 4.69) is 11.2 Å². The van der Waals surface area contributed by atoms with Crippen LogP contribution in [0.25, 0.3) is 0 Å². The number of aryl methyl sites for hydroxylation is 1. The Kier molecular flexibility index (Phi) is 1.27. The van der Waals surface area contributed by atoms with E-state index in [0.717, 1.165) is 0 Å². The molecule has 0 N–H and O–H groups in total. The summed E-state index contributed by atoms with van der Waals surface area (Å²) in [5.41, 5.74) is 2.03. The van der Waals surface area contributed by atoms with Gasteiger partial charge in [-0.2, -0.15) is 5.10 Å². The van der Waals surface area contributed by atoms with Gasteiger partial charge in [0, 0.05) is 13.2 Å². The van der Waals surface area contributed by atoms with Crippen LogP contribution in [0, 0.1) is 5.41 Å². The molecule has 4 rings (SSSR count). The van der Waals surface area contributed by atoms with Gasteiger partial charge in [0.25, 0.3) is 0 Å². The summed E-state index contributed by atoms with van der Waals surface area (Å²) in [6.45, 7) is 0. The number of nitrogens with zero attached hydrogens (tertiary/aromatic N) is 2. The first-order valence-corrected chi connectivity index (χ1v) is 5.91. The van der Waals surface area contributed by atoms with Crippen molar-refractivity contribution in [2.75, 3.05) is 0 Å². The minimum Gasteiger partial charge on any atom is -0.359 e. The summed E-state index contributed by atoms with van der Waals surface area (Å²) >= 11 is 0. The Labute approximate surface area is 89.4 Å². The van der Waals surface area contributed by atoms with E-state index in [1.165, 1.54) is 37.8 Å². The van der Waals surface area contributed by atoms with Crippen LogP contribution in [0.3, 0.4) is 0 Å².